The number of nitriles is 1. The molecule has 2 aliphatic carbocycles. The highest BCUT2D eigenvalue weighted by Crippen LogP contribution is 2.49. The van der Waals surface area contributed by atoms with Gasteiger partial charge in [-0.05, 0) is 56.2 Å². The number of pyridine rings is 1. The molecular weight excluding hydrogens is 453 g/mol. The summed E-state index contributed by atoms with van der Waals surface area (Å²) >= 11 is 0. The predicted octanol–water partition coefficient (Wildman–Crippen LogP) is 4.67. The van der Waals surface area contributed by atoms with Gasteiger partial charge in [-0.15, -0.1) is 0 Å². The number of halogens is 3. The number of aromatic nitrogens is 2. The molecule has 0 amide bonds. The van der Waals surface area contributed by atoms with Crippen LogP contribution in [0, 0.1) is 18.3 Å². The topological polar surface area (TPSA) is 87.8 Å². The van der Waals surface area contributed by atoms with Gasteiger partial charge in [0.2, 0.25) is 10.0 Å². The number of nitrogens with one attached hydrogen (secondary N) is 1. The van der Waals surface area contributed by atoms with E-state index in [4.69, 9.17) is 0 Å². The minimum Gasteiger partial charge on any atom is -0.293 e. The van der Waals surface area contributed by atoms with Crippen LogP contribution < -0.4 is 4.72 Å². The van der Waals surface area contributed by atoms with Crippen LogP contribution in [0.4, 0.5) is 13.2 Å². The highest BCUT2D eigenvalue weighted by atomic mass is 32.2. The largest absolute Gasteiger partial charge is 0.407 e. The number of alkyl halides is 3. The van der Waals surface area contributed by atoms with Crippen LogP contribution in [-0.4, -0.2) is 29.7 Å². The van der Waals surface area contributed by atoms with Gasteiger partial charge >= 0.3 is 6.18 Å². The number of hydrogen-bond acceptors (Lipinski definition) is 4. The molecule has 5 rings (SSSR count). The average Bonchev–Trinajstić information content (AvgIpc) is 3.43. The maximum Gasteiger partial charge on any atom is 0.407 e. The molecule has 10 heteroatoms. The van der Waals surface area contributed by atoms with Gasteiger partial charge in [-0.2, -0.15) is 23.2 Å². The third-order valence-electron chi connectivity index (χ3n) is 5.92. The minimum absolute atomic E-state index is 0.278. The van der Waals surface area contributed by atoms with Crippen molar-refractivity contribution < 1.29 is 21.6 Å². The fourth-order valence-corrected chi connectivity index (χ4v) is 5.35. The first kappa shape index (κ1) is 21.4. The molecule has 1 N–H and O–H groups in total. The van der Waals surface area contributed by atoms with E-state index in [2.05, 4.69) is 11.1 Å². The lowest BCUT2D eigenvalue weighted by molar-refractivity contribution is -0.160. The van der Waals surface area contributed by atoms with Crippen molar-refractivity contribution >= 4 is 26.8 Å². The van der Waals surface area contributed by atoms with Gasteiger partial charge in [-0.3, -0.25) is 4.57 Å². The molecule has 2 aromatic heterocycles. The zero-order valence-electron chi connectivity index (χ0n) is 17.3. The Hall–Kier alpha value is -3.42. The molecule has 0 spiro atoms. The van der Waals surface area contributed by atoms with Crippen molar-refractivity contribution in [3.63, 3.8) is 0 Å². The lowest BCUT2D eigenvalue weighted by atomic mass is 10.1. The molecule has 0 saturated heterocycles. The standard InChI is InChI=1S/C23H17F3N4O2S/c1-14-5-10-18-19(13-27)20(30(21(18)28-14)16-3-2-4-16)15-6-8-17(9-7-15)33(31,32)29-22(11-12-22)23(24,25)26/h2-10,29H,11-12H2,1H3. The summed E-state index contributed by atoms with van der Waals surface area (Å²) in [6.07, 6.45) is 0.357. The summed E-state index contributed by atoms with van der Waals surface area (Å²) in [6.45, 7) is 1.84. The number of hydrogen-bond donors (Lipinski definition) is 1. The Kier molecular flexibility index (Phi) is 4.57. The average molecular weight is 470 g/mol. The smallest absolute Gasteiger partial charge is 0.293 e. The summed E-state index contributed by atoms with van der Waals surface area (Å²) in [4.78, 5) is 4.31. The van der Waals surface area contributed by atoms with Crippen molar-refractivity contribution in [2.24, 2.45) is 0 Å². The molecule has 1 aromatic carbocycles. The van der Waals surface area contributed by atoms with Crippen molar-refractivity contribution in [1.29, 1.82) is 5.26 Å². The van der Waals surface area contributed by atoms with Crippen LogP contribution in [0.15, 0.2) is 59.5 Å². The summed E-state index contributed by atoms with van der Waals surface area (Å²) in [5.74, 6) is 0. The Bertz CT molecular complexity index is 1500. The zero-order chi connectivity index (χ0) is 23.6. The van der Waals surface area contributed by atoms with Crippen molar-refractivity contribution in [3.05, 3.63) is 65.9 Å². The lowest BCUT2D eigenvalue weighted by Gasteiger charge is -2.20. The maximum absolute atomic E-state index is 13.2. The van der Waals surface area contributed by atoms with Gasteiger partial charge in [-0.1, -0.05) is 18.2 Å². The van der Waals surface area contributed by atoms with Crippen LogP contribution in [0.3, 0.4) is 0 Å². The molecule has 0 bridgehead atoms. The van der Waals surface area contributed by atoms with Gasteiger partial charge in [0.25, 0.3) is 0 Å². The number of nitrogens with zero attached hydrogens (tertiary/aromatic N) is 3. The quantitative estimate of drug-likeness (QED) is 0.587. The van der Waals surface area contributed by atoms with E-state index in [1.807, 2.05) is 40.5 Å². The molecule has 0 radical (unpaired) electrons. The van der Waals surface area contributed by atoms with Crippen LogP contribution in [0.2, 0.25) is 0 Å². The van der Waals surface area contributed by atoms with E-state index in [-0.39, 0.29) is 17.7 Å². The first-order chi connectivity index (χ1) is 15.6. The van der Waals surface area contributed by atoms with E-state index in [1.165, 1.54) is 24.3 Å². The van der Waals surface area contributed by atoms with E-state index in [0.29, 0.717) is 27.9 Å². The van der Waals surface area contributed by atoms with Crippen LogP contribution in [0.25, 0.3) is 28.0 Å². The van der Waals surface area contributed by atoms with Gasteiger partial charge in [0.15, 0.2) is 0 Å². The minimum atomic E-state index is -4.65. The second-order valence-electron chi connectivity index (χ2n) is 8.16. The predicted molar refractivity (Wildman–Crippen MR) is 116 cm³/mol. The van der Waals surface area contributed by atoms with Crippen molar-refractivity contribution in [2.75, 3.05) is 0 Å². The molecule has 1 fully saturated rings. The highest BCUT2D eigenvalue weighted by Gasteiger charge is 2.65. The Morgan fingerprint density at radius 1 is 1.15 bits per heavy atom. The Morgan fingerprint density at radius 3 is 2.33 bits per heavy atom. The number of benzene rings is 1. The molecule has 2 aliphatic rings. The fourth-order valence-electron chi connectivity index (χ4n) is 3.90. The molecule has 0 aliphatic heterocycles. The SMILES string of the molecule is Cc1ccc2c(C#N)c(-c3ccc(S(=O)(=O)NC4(C(F)(F)F)CC4)cc3)n(C3=CC=C3)c2n1. The molecular formula is C23H17F3N4O2S. The molecule has 2 heterocycles. The summed E-state index contributed by atoms with van der Waals surface area (Å²) in [5.41, 5.74) is 1.24. The normalized spacial score (nSPS) is 16.9. The third-order valence-corrected chi connectivity index (χ3v) is 7.47. The van der Waals surface area contributed by atoms with Crippen LogP contribution in [0.1, 0.15) is 24.1 Å². The van der Waals surface area contributed by atoms with Gasteiger partial charge < -0.3 is 0 Å². The van der Waals surface area contributed by atoms with E-state index >= 15 is 0 Å². The van der Waals surface area contributed by atoms with Crippen LogP contribution in [0.5, 0.6) is 0 Å². The second-order valence-corrected chi connectivity index (χ2v) is 9.84. The summed E-state index contributed by atoms with van der Waals surface area (Å²) in [7, 11) is -4.38. The van der Waals surface area contributed by atoms with E-state index in [0.717, 1.165) is 11.4 Å². The molecule has 168 valence electrons. The van der Waals surface area contributed by atoms with E-state index in [9.17, 15) is 26.9 Å². The second kappa shape index (κ2) is 7.04. The van der Waals surface area contributed by atoms with E-state index < -0.39 is 21.7 Å². The first-order valence-corrected chi connectivity index (χ1v) is 11.6. The van der Waals surface area contributed by atoms with Crippen molar-refractivity contribution in [2.45, 2.75) is 36.4 Å². The molecule has 6 nitrogen and oxygen atoms in total. The van der Waals surface area contributed by atoms with Gasteiger partial charge in [0.05, 0.1) is 16.2 Å². The highest BCUT2D eigenvalue weighted by molar-refractivity contribution is 7.89. The number of sulfonamides is 1. The van der Waals surface area contributed by atoms with Gasteiger partial charge in [0.1, 0.15) is 17.3 Å². The molecule has 0 unspecified atom stereocenters. The Morgan fingerprint density at radius 2 is 1.82 bits per heavy atom. The number of fused-ring (bicyclic) bond motifs is 1. The fraction of sp³-hybridized carbons (Fsp3) is 0.217. The lowest BCUT2D eigenvalue weighted by Crippen LogP contribution is -2.47. The van der Waals surface area contributed by atoms with Gasteiger partial charge in [0, 0.05) is 22.3 Å². The summed E-state index contributed by atoms with van der Waals surface area (Å²) < 4.78 is 68.5. The van der Waals surface area contributed by atoms with Gasteiger partial charge in [-0.25, -0.2) is 13.4 Å². The number of allylic oxidation sites excluding steroid dienone is 4. The van der Waals surface area contributed by atoms with Crippen molar-refractivity contribution in [3.8, 4) is 17.3 Å². The first-order valence-electron chi connectivity index (χ1n) is 10.1. The molecule has 33 heavy (non-hydrogen) atoms. The number of aryl methyl sites for hydroxylation is 1. The molecule has 3 aromatic rings. The van der Waals surface area contributed by atoms with Crippen LogP contribution in [-0.2, 0) is 10.0 Å². The summed E-state index contributed by atoms with van der Waals surface area (Å²) in [6, 6.07) is 11.3. The monoisotopic (exact) mass is 470 g/mol. The Balaban J connectivity index is 1.59. The maximum atomic E-state index is 13.2. The van der Waals surface area contributed by atoms with Crippen LogP contribution >= 0.6 is 0 Å². The van der Waals surface area contributed by atoms with Crippen molar-refractivity contribution in [1.82, 2.24) is 14.3 Å². The Labute approximate surface area is 187 Å². The molecule has 0 atom stereocenters. The molecule has 1 saturated carbocycles. The van der Waals surface area contributed by atoms with E-state index in [1.54, 1.807) is 6.07 Å². The number of rotatable bonds is 5. The zero-order valence-corrected chi connectivity index (χ0v) is 18.1. The summed E-state index contributed by atoms with van der Waals surface area (Å²) in [5, 5.41) is 10.5. The third kappa shape index (κ3) is 3.35.